The van der Waals surface area contributed by atoms with Crippen molar-refractivity contribution in [2.45, 2.75) is 57.8 Å². The van der Waals surface area contributed by atoms with Crippen molar-refractivity contribution in [3.63, 3.8) is 0 Å². The molecule has 0 aromatic carbocycles. The minimum atomic E-state index is -0.0966. The van der Waals surface area contributed by atoms with Gasteiger partial charge in [-0.3, -0.25) is 4.79 Å². The maximum atomic E-state index is 12.0. The number of carbonyl (C=O) groups excluding carboxylic acids is 1. The van der Waals surface area contributed by atoms with Gasteiger partial charge in [0, 0.05) is 0 Å². The molecule has 3 saturated carbocycles. The Balaban J connectivity index is 1.86. The third-order valence-corrected chi connectivity index (χ3v) is 5.13. The molecule has 2 nitrogen and oxygen atoms in total. The van der Waals surface area contributed by atoms with Gasteiger partial charge in [-0.1, -0.05) is 19.3 Å². The largest absolute Gasteiger partial charge is 0.369 e. The summed E-state index contributed by atoms with van der Waals surface area (Å²) in [4.78, 5) is 12.0. The van der Waals surface area contributed by atoms with Crippen LogP contribution in [0.25, 0.3) is 0 Å². The number of hydrogen-bond acceptors (Lipinski definition) is 1. The number of rotatable bonds is 4. The highest BCUT2D eigenvalue weighted by Gasteiger charge is 2.55. The van der Waals surface area contributed by atoms with E-state index in [0.29, 0.717) is 5.92 Å². The Morgan fingerprint density at radius 1 is 1.00 bits per heavy atom. The Bertz CT molecular complexity index is 273. The zero-order valence-corrected chi connectivity index (χ0v) is 10.1. The van der Waals surface area contributed by atoms with Gasteiger partial charge in [-0.05, 0) is 56.3 Å². The van der Waals surface area contributed by atoms with Crippen molar-refractivity contribution in [3.05, 3.63) is 0 Å². The first-order valence-corrected chi connectivity index (χ1v) is 7.04. The van der Waals surface area contributed by atoms with Crippen LogP contribution in [0.5, 0.6) is 0 Å². The van der Waals surface area contributed by atoms with E-state index in [2.05, 4.69) is 0 Å². The lowest BCUT2D eigenvalue weighted by atomic mass is 9.62. The van der Waals surface area contributed by atoms with Gasteiger partial charge in [-0.25, -0.2) is 0 Å². The highest BCUT2D eigenvalue weighted by atomic mass is 16.1. The van der Waals surface area contributed by atoms with E-state index in [9.17, 15) is 4.79 Å². The molecule has 0 radical (unpaired) electrons. The van der Waals surface area contributed by atoms with Crippen molar-refractivity contribution >= 4 is 5.91 Å². The number of carbonyl (C=O) groups is 1. The molecule has 3 aliphatic rings. The lowest BCUT2D eigenvalue weighted by Gasteiger charge is -2.42. The summed E-state index contributed by atoms with van der Waals surface area (Å²) in [6, 6.07) is 0. The van der Waals surface area contributed by atoms with Crippen LogP contribution in [-0.2, 0) is 4.79 Å². The Labute approximate surface area is 98.0 Å². The normalized spacial score (nSPS) is 29.3. The molecule has 0 aromatic heterocycles. The van der Waals surface area contributed by atoms with Crippen LogP contribution in [-0.4, -0.2) is 5.91 Å². The Kier molecular flexibility index (Phi) is 2.49. The van der Waals surface area contributed by atoms with Gasteiger partial charge in [0.05, 0.1) is 5.41 Å². The van der Waals surface area contributed by atoms with E-state index >= 15 is 0 Å². The molecule has 16 heavy (non-hydrogen) atoms. The summed E-state index contributed by atoms with van der Waals surface area (Å²) >= 11 is 0. The average molecular weight is 221 g/mol. The highest BCUT2D eigenvalue weighted by molar-refractivity contribution is 5.81. The van der Waals surface area contributed by atoms with E-state index in [1.54, 1.807) is 0 Å². The molecule has 0 unspecified atom stereocenters. The van der Waals surface area contributed by atoms with Gasteiger partial charge in [0.25, 0.3) is 0 Å². The second-order valence-electron chi connectivity index (χ2n) is 6.28. The third-order valence-electron chi connectivity index (χ3n) is 5.13. The van der Waals surface area contributed by atoms with Gasteiger partial charge in [-0.2, -0.15) is 0 Å². The van der Waals surface area contributed by atoms with Gasteiger partial charge in [-0.15, -0.1) is 0 Å². The second kappa shape index (κ2) is 3.75. The van der Waals surface area contributed by atoms with Crippen LogP contribution in [0.3, 0.4) is 0 Å². The summed E-state index contributed by atoms with van der Waals surface area (Å²) in [5, 5.41) is 0. The number of hydrogen-bond donors (Lipinski definition) is 1. The molecule has 2 heteroatoms. The zero-order chi connectivity index (χ0) is 11.2. The molecule has 0 aliphatic heterocycles. The maximum Gasteiger partial charge on any atom is 0.223 e. The molecule has 2 N–H and O–H groups in total. The summed E-state index contributed by atoms with van der Waals surface area (Å²) < 4.78 is 0. The maximum absolute atomic E-state index is 12.0. The smallest absolute Gasteiger partial charge is 0.223 e. The highest BCUT2D eigenvalue weighted by Crippen LogP contribution is 2.60. The van der Waals surface area contributed by atoms with Crippen molar-refractivity contribution in [1.82, 2.24) is 0 Å². The van der Waals surface area contributed by atoms with E-state index in [0.717, 1.165) is 24.7 Å². The summed E-state index contributed by atoms with van der Waals surface area (Å²) in [6.45, 7) is 0. The molecule has 0 aromatic rings. The molecule has 0 heterocycles. The molecule has 90 valence electrons. The Morgan fingerprint density at radius 3 is 1.88 bits per heavy atom. The number of amides is 1. The fourth-order valence-corrected chi connectivity index (χ4v) is 4.12. The van der Waals surface area contributed by atoms with Crippen molar-refractivity contribution in [2.75, 3.05) is 0 Å². The molecular weight excluding hydrogens is 198 g/mol. The lowest BCUT2D eigenvalue weighted by molar-refractivity contribution is -0.135. The second-order valence-corrected chi connectivity index (χ2v) is 6.28. The fourth-order valence-electron chi connectivity index (χ4n) is 4.12. The van der Waals surface area contributed by atoms with Crippen LogP contribution in [0.4, 0.5) is 0 Å². The van der Waals surface area contributed by atoms with Crippen LogP contribution < -0.4 is 5.73 Å². The molecule has 3 fully saturated rings. The monoisotopic (exact) mass is 221 g/mol. The van der Waals surface area contributed by atoms with Gasteiger partial charge < -0.3 is 5.73 Å². The standard InChI is InChI=1S/C14H23NO/c15-13(16)14(8-2-1-3-9-14)12(10-4-5-10)11-6-7-11/h10-12H,1-9H2,(H2,15,16). The Morgan fingerprint density at radius 2 is 1.50 bits per heavy atom. The summed E-state index contributed by atoms with van der Waals surface area (Å²) in [7, 11) is 0. The van der Waals surface area contributed by atoms with E-state index in [-0.39, 0.29) is 11.3 Å². The third kappa shape index (κ3) is 1.66. The molecule has 0 atom stereocenters. The SMILES string of the molecule is NC(=O)C1(C(C2CC2)C2CC2)CCCCC1. The summed E-state index contributed by atoms with van der Waals surface area (Å²) in [5.41, 5.74) is 5.70. The van der Waals surface area contributed by atoms with Crippen LogP contribution >= 0.6 is 0 Å². The van der Waals surface area contributed by atoms with Crippen LogP contribution in [0, 0.1) is 23.2 Å². The molecule has 3 aliphatic carbocycles. The minimum absolute atomic E-state index is 0.0241. The van der Waals surface area contributed by atoms with Crippen molar-refractivity contribution in [2.24, 2.45) is 28.9 Å². The van der Waals surface area contributed by atoms with Crippen molar-refractivity contribution < 1.29 is 4.79 Å². The molecule has 0 spiro atoms. The van der Waals surface area contributed by atoms with E-state index in [1.165, 1.54) is 44.9 Å². The minimum Gasteiger partial charge on any atom is -0.369 e. The summed E-state index contributed by atoms with van der Waals surface area (Å²) in [5.74, 6) is 2.37. The molecule has 0 saturated heterocycles. The van der Waals surface area contributed by atoms with Crippen molar-refractivity contribution in [1.29, 1.82) is 0 Å². The van der Waals surface area contributed by atoms with Crippen LogP contribution in [0.2, 0.25) is 0 Å². The van der Waals surface area contributed by atoms with Gasteiger partial charge in [0.15, 0.2) is 0 Å². The van der Waals surface area contributed by atoms with Gasteiger partial charge in [0.2, 0.25) is 5.91 Å². The van der Waals surface area contributed by atoms with E-state index in [4.69, 9.17) is 5.73 Å². The van der Waals surface area contributed by atoms with Crippen LogP contribution in [0.1, 0.15) is 57.8 Å². The first-order valence-electron chi connectivity index (χ1n) is 7.04. The number of nitrogens with two attached hydrogens (primary N) is 1. The predicted octanol–water partition coefficient (Wildman–Crippen LogP) is 2.86. The molecular formula is C14H23NO. The van der Waals surface area contributed by atoms with Crippen molar-refractivity contribution in [3.8, 4) is 0 Å². The predicted molar refractivity (Wildman–Crippen MR) is 63.7 cm³/mol. The van der Waals surface area contributed by atoms with E-state index in [1.807, 2.05) is 0 Å². The lowest BCUT2D eigenvalue weighted by Crippen LogP contribution is -2.46. The van der Waals surface area contributed by atoms with Gasteiger partial charge in [0.1, 0.15) is 0 Å². The quantitative estimate of drug-likeness (QED) is 0.779. The average Bonchev–Trinajstić information content (AvgIpc) is 3.13. The molecule has 3 rings (SSSR count). The topological polar surface area (TPSA) is 43.1 Å². The first-order chi connectivity index (χ1) is 7.74. The number of primary amides is 1. The first kappa shape index (κ1) is 10.6. The zero-order valence-electron chi connectivity index (χ0n) is 10.1. The van der Waals surface area contributed by atoms with Crippen LogP contribution in [0.15, 0.2) is 0 Å². The van der Waals surface area contributed by atoms with E-state index < -0.39 is 0 Å². The molecule has 0 bridgehead atoms. The fraction of sp³-hybridized carbons (Fsp3) is 0.929. The molecule has 1 amide bonds. The summed E-state index contributed by atoms with van der Waals surface area (Å²) in [6.07, 6.45) is 11.3. The Hall–Kier alpha value is -0.530. The van der Waals surface area contributed by atoms with Gasteiger partial charge >= 0.3 is 0 Å².